The molecule has 4 nitrogen and oxygen atoms in total. The lowest BCUT2D eigenvalue weighted by atomic mass is 10.2. The van der Waals surface area contributed by atoms with Crippen LogP contribution in [-0.4, -0.2) is 16.1 Å². The highest BCUT2D eigenvalue weighted by Crippen LogP contribution is 2.30. The van der Waals surface area contributed by atoms with Crippen molar-refractivity contribution in [1.29, 1.82) is 0 Å². The summed E-state index contributed by atoms with van der Waals surface area (Å²) in [6, 6.07) is 6.51. The van der Waals surface area contributed by atoms with Crippen molar-refractivity contribution in [3.8, 4) is 11.5 Å². The summed E-state index contributed by atoms with van der Waals surface area (Å²) in [7, 11) is 0. The first-order valence-corrected chi connectivity index (χ1v) is 4.99. The van der Waals surface area contributed by atoms with E-state index in [1.807, 2.05) is 0 Å². The van der Waals surface area contributed by atoms with Crippen LogP contribution in [0.25, 0.3) is 10.9 Å². The number of esters is 1. The number of nitrogens with zero attached hydrogens (tertiary/aromatic N) is 1. The normalized spacial score (nSPS) is 10.3. The predicted octanol–water partition coefficient (Wildman–Crippen LogP) is 2.26. The number of hydrogen-bond donors (Lipinski definition) is 1. The minimum atomic E-state index is -0.309. The summed E-state index contributed by atoms with van der Waals surface area (Å²) >= 11 is 0. The Bertz CT molecular complexity index is 537. The van der Waals surface area contributed by atoms with Crippen molar-refractivity contribution < 1.29 is 14.6 Å². The predicted molar refractivity (Wildman–Crippen MR) is 59.3 cm³/mol. The summed E-state index contributed by atoms with van der Waals surface area (Å²) in [4.78, 5) is 15.2. The lowest BCUT2D eigenvalue weighted by molar-refractivity contribution is -0.133. The van der Waals surface area contributed by atoms with E-state index in [1.54, 1.807) is 31.3 Å². The molecule has 0 fully saturated rings. The minimum absolute atomic E-state index is 0.0758. The highest BCUT2D eigenvalue weighted by Gasteiger charge is 2.09. The number of aromatic nitrogens is 1. The Morgan fingerprint density at radius 1 is 1.44 bits per heavy atom. The van der Waals surface area contributed by atoms with E-state index in [4.69, 9.17) is 4.74 Å². The average Bonchev–Trinajstić information content (AvgIpc) is 2.33. The molecule has 0 amide bonds. The summed E-state index contributed by atoms with van der Waals surface area (Å²) in [5, 5.41) is 10.2. The molecule has 2 aromatic rings. The molecule has 0 bridgehead atoms. The molecular formula is C12H11NO3. The molecule has 0 radical (unpaired) electrons. The maximum atomic E-state index is 11.2. The summed E-state index contributed by atoms with van der Waals surface area (Å²) < 4.78 is 5.14. The van der Waals surface area contributed by atoms with Crippen LogP contribution in [0.4, 0.5) is 0 Å². The fourth-order valence-electron chi connectivity index (χ4n) is 1.42. The second-order valence-corrected chi connectivity index (χ2v) is 3.31. The standard InChI is InChI=1S/C12H11NO3/c1-2-11(15)16-10-6-5-9(14)12-8(10)4-3-7-13-12/h3-7,14H,2H2,1H3. The van der Waals surface area contributed by atoms with Gasteiger partial charge in [0.1, 0.15) is 17.0 Å². The molecule has 1 heterocycles. The Morgan fingerprint density at radius 2 is 2.25 bits per heavy atom. The number of hydrogen-bond acceptors (Lipinski definition) is 4. The maximum absolute atomic E-state index is 11.2. The maximum Gasteiger partial charge on any atom is 0.310 e. The van der Waals surface area contributed by atoms with E-state index in [9.17, 15) is 9.90 Å². The number of benzene rings is 1. The molecular weight excluding hydrogens is 206 g/mol. The van der Waals surface area contributed by atoms with Crippen molar-refractivity contribution in [3.63, 3.8) is 0 Å². The molecule has 82 valence electrons. The van der Waals surface area contributed by atoms with E-state index in [-0.39, 0.29) is 11.7 Å². The van der Waals surface area contributed by atoms with E-state index in [0.29, 0.717) is 23.1 Å². The van der Waals surface area contributed by atoms with Crippen LogP contribution in [-0.2, 0) is 4.79 Å². The Morgan fingerprint density at radius 3 is 3.00 bits per heavy atom. The van der Waals surface area contributed by atoms with Crippen molar-refractivity contribution in [1.82, 2.24) is 4.98 Å². The molecule has 0 aliphatic carbocycles. The van der Waals surface area contributed by atoms with Crippen molar-refractivity contribution >= 4 is 16.9 Å². The summed E-state index contributed by atoms with van der Waals surface area (Å²) in [6.45, 7) is 1.73. The summed E-state index contributed by atoms with van der Waals surface area (Å²) in [5.41, 5.74) is 0.434. The zero-order chi connectivity index (χ0) is 11.5. The fourth-order valence-corrected chi connectivity index (χ4v) is 1.42. The summed E-state index contributed by atoms with van der Waals surface area (Å²) in [5.74, 6) is 0.190. The molecule has 4 heteroatoms. The third-order valence-electron chi connectivity index (χ3n) is 2.22. The van der Waals surface area contributed by atoms with E-state index >= 15 is 0 Å². The van der Waals surface area contributed by atoms with Crippen LogP contribution >= 0.6 is 0 Å². The third-order valence-corrected chi connectivity index (χ3v) is 2.22. The van der Waals surface area contributed by atoms with E-state index in [1.165, 1.54) is 6.07 Å². The molecule has 0 saturated carbocycles. The smallest absolute Gasteiger partial charge is 0.310 e. The number of pyridine rings is 1. The van der Waals surface area contributed by atoms with Gasteiger partial charge < -0.3 is 9.84 Å². The van der Waals surface area contributed by atoms with Gasteiger partial charge in [0.15, 0.2) is 0 Å². The first-order valence-electron chi connectivity index (χ1n) is 4.99. The zero-order valence-electron chi connectivity index (χ0n) is 8.80. The van der Waals surface area contributed by atoms with Gasteiger partial charge in [0.25, 0.3) is 0 Å². The van der Waals surface area contributed by atoms with Gasteiger partial charge in [-0.25, -0.2) is 0 Å². The number of phenolic OH excluding ortho intramolecular Hbond substituents is 1. The van der Waals surface area contributed by atoms with Gasteiger partial charge in [0, 0.05) is 18.0 Å². The van der Waals surface area contributed by atoms with Gasteiger partial charge in [-0.1, -0.05) is 6.92 Å². The van der Waals surface area contributed by atoms with E-state index in [0.717, 1.165) is 0 Å². The Balaban J connectivity index is 2.54. The molecule has 1 aromatic heterocycles. The molecule has 0 aliphatic heterocycles. The van der Waals surface area contributed by atoms with Crippen LogP contribution in [0.3, 0.4) is 0 Å². The molecule has 0 unspecified atom stereocenters. The number of ether oxygens (including phenoxy) is 1. The second-order valence-electron chi connectivity index (χ2n) is 3.31. The first-order chi connectivity index (χ1) is 7.72. The molecule has 0 atom stereocenters. The number of carbonyl (C=O) groups is 1. The third kappa shape index (κ3) is 1.82. The van der Waals surface area contributed by atoms with Crippen LogP contribution < -0.4 is 4.74 Å². The number of rotatable bonds is 2. The largest absolute Gasteiger partial charge is 0.506 e. The van der Waals surface area contributed by atoms with Gasteiger partial charge >= 0.3 is 5.97 Å². The topological polar surface area (TPSA) is 59.4 Å². The van der Waals surface area contributed by atoms with Crippen LogP contribution in [0, 0.1) is 0 Å². The SMILES string of the molecule is CCC(=O)Oc1ccc(O)c2ncccc12. The minimum Gasteiger partial charge on any atom is -0.506 e. The van der Waals surface area contributed by atoms with E-state index in [2.05, 4.69) is 4.98 Å². The monoisotopic (exact) mass is 217 g/mol. The molecule has 0 saturated heterocycles. The van der Waals surface area contributed by atoms with Crippen LogP contribution in [0.2, 0.25) is 0 Å². The molecule has 0 spiro atoms. The highest BCUT2D eigenvalue weighted by molar-refractivity contribution is 5.91. The Kier molecular flexibility index (Phi) is 2.72. The number of carbonyl (C=O) groups excluding carboxylic acids is 1. The molecule has 1 N–H and O–H groups in total. The molecule has 2 rings (SSSR count). The van der Waals surface area contributed by atoms with Gasteiger partial charge in [-0.3, -0.25) is 9.78 Å². The van der Waals surface area contributed by atoms with Crippen molar-refractivity contribution in [2.24, 2.45) is 0 Å². The van der Waals surface area contributed by atoms with E-state index < -0.39 is 0 Å². The Hall–Kier alpha value is -2.10. The molecule has 1 aromatic carbocycles. The second kappa shape index (κ2) is 4.18. The number of aromatic hydroxyl groups is 1. The summed E-state index contributed by atoms with van der Waals surface area (Å²) in [6.07, 6.45) is 1.89. The van der Waals surface area contributed by atoms with Crippen LogP contribution in [0.5, 0.6) is 11.5 Å². The van der Waals surface area contributed by atoms with Crippen molar-refractivity contribution in [2.75, 3.05) is 0 Å². The van der Waals surface area contributed by atoms with Crippen LogP contribution in [0.15, 0.2) is 30.5 Å². The Labute approximate surface area is 92.5 Å². The van der Waals surface area contributed by atoms with Crippen molar-refractivity contribution in [3.05, 3.63) is 30.5 Å². The van der Waals surface area contributed by atoms with Gasteiger partial charge in [0.05, 0.1) is 0 Å². The lowest BCUT2D eigenvalue weighted by Gasteiger charge is -2.07. The average molecular weight is 217 g/mol. The quantitative estimate of drug-likeness (QED) is 0.619. The molecule has 0 aliphatic rings. The van der Waals surface area contributed by atoms with Crippen molar-refractivity contribution in [2.45, 2.75) is 13.3 Å². The number of fused-ring (bicyclic) bond motifs is 1. The lowest BCUT2D eigenvalue weighted by Crippen LogP contribution is -2.05. The van der Waals surface area contributed by atoms with Gasteiger partial charge in [-0.2, -0.15) is 0 Å². The van der Waals surface area contributed by atoms with Gasteiger partial charge in [0.2, 0.25) is 0 Å². The van der Waals surface area contributed by atoms with Gasteiger partial charge in [-0.05, 0) is 24.3 Å². The van der Waals surface area contributed by atoms with Crippen LogP contribution in [0.1, 0.15) is 13.3 Å². The first kappa shape index (κ1) is 10.4. The number of phenols is 1. The highest BCUT2D eigenvalue weighted by atomic mass is 16.5. The fraction of sp³-hybridized carbons (Fsp3) is 0.167. The molecule has 16 heavy (non-hydrogen) atoms. The van der Waals surface area contributed by atoms with Gasteiger partial charge in [-0.15, -0.1) is 0 Å². The zero-order valence-corrected chi connectivity index (χ0v) is 8.80.